The summed E-state index contributed by atoms with van der Waals surface area (Å²) in [6, 6.07) is 14.4. The number of rotatable bonds is 4. The van der Waals surface area contributed by atoms with E-state index in [4.69, 9.17) is 5.26 Å². The summed E-state index contributed by atoms with van der Waals surface area (Å²) in [5.41, 5.74) is 3.63. The number of carbonyl (C=O) groups excluding carboxylic acids is 3. The Morgan fingerprint density at radius 3 is 2.31 bits per heavy atom. The van der Waals surface area contributed by atoms with E-state index in [2.05, 4.69) is 16.7 Å². The maximum atomic E-state index is 13.1. The standard InChI is InChI=1S/C25H28N4O3/c1-16(2)23(30)28-25(32)27-22-14-21(7-4-17(22)3)24(31)29-12-10-20(11-13-29)19-8-5-18(15-26)6-9-19/h4-9,14,16,20H,10-13H2,1-3H3,(H2,27,28,30,32). The maximum Gasteiger partial charge on any atom is 0.325 e. The summed E-state index contributed by atoms with van der Waals surface area (Å²) in [5.74, 6) is -0.381. The zero-order valence-electron chi connectivity index (χ0n) is 18.6. The number of anilines is 1. The maximum absolute atomic E-state index is 13.1. The van der Waals surface area contributed by atoms with Crippen LogP contribution >= 0.6 is 0 Å². The van der Waals surface area contributed by atoms with E-state index >= 15 is 0 Å². The number of aryl methyl sites for hydroxylation is 1. The molecule has 1 saturated heterocycles. The molecule has 0 spiro atoms. The highest BCUT2D eigenvalue weighted by Gasteiger charge is 2.25. The third kappa shape index (κ3) is 5.52. The first-order chi connectivity index (χ1) is 15.3. The lowest BCUT2D eigenvalue weighted by atomic mass is 9.89. The SMILES string of the molecule is Cc1ccc(C(=O)N2CCC(c3ccc(C#N)cc3)CC2)cc1NC(=O)NC(=O)C(C)C. The largest absolute Gasteiger partial charge is 0.339 e. The average molecular weight is 433 g/mol. The number of hydrogen-bond acceptors (Lipinski definition) is 4. The lowest BCUT2D eigenvalue weighted by molar-refractivity contribution is -0.122. The van der Waals surface area contributed by atoms with Crippen molar-refractivity contribution in [1.82, 2.24) is 10.2 Å². The van der Waals surface area contributed by atoms with Crippen LogP contribution < -0.4 is 10.6 Å². The average Bonchev–Trinajstić information content (AvgIpc) is 2.80. The van der Waals surface area contributed by atoms with E-state index in [9.17, 15) is 14.4 Å². The van der Waals surface area contributed by atoms with Gasteiger partial charge in [-0.15, -0.1) is 0 Å². The molecular formula is C25H28N4O3. The fourth-order valence-corrected chi connectivity index (χ4v) is 3.73. The first kappa shape index (κ1) is 23.0. The number of amides is 4. The lowest BCUT2D eigenvalue weighted by Crippen LogP contribution is -2.38. The van der Waals surface area contributed by atoms with Crippen LogP contribution in [0.3, 0.4) is 0 Å². The van der Waals surface area contributed by atoms with Crippen LogP contribution in [0.15, 0.2) is 42.5 Å². The molecule has 1 aliphatic rings. The van der Waals surface area contributed by atoms with Gasteiger partial charge in [-0.1, -0.05) is 32.0 Å². The third-order valence-corrected chi connectivity index (χ3v) is 5.79. The Balaban J connectivity index is 1.63. The van der Waals surface area contributed by atoms with Gasteiger partial charge in [0.2, 0.25) is 5.91 Å². The second kappa shape index (κ2) is 10.1. The number of nitrogens with one attached hydrogen (secondary N) is 2. The van der Waals surface area contributed by atoms with Crippen molar-refractivity contribution in [1.29, 1.82) is 5.26 Å². The molecule has 3 rings (SSSR count). The van der Waals surface area contributed by atoms with Gasteiger partial charge in [-0.2, -0.15) is 5.26 Å². The van der Waals surface area contributed by atoms with Crippen molar-refractivity contribution in [2.45, 2.75) is 39.5 Å². The van der Waals surface area contributed by atoms with E-state index in [1.165, 1.54) is 5.56 Å². The monoisotopic (exact) mass is 432 g/mol. The number of nitrogens with zero attached hydrogens (tertiary/aromatic N) is 2. The number of likely N-dealkylation sites (tertiary alicyclic amines) is 1. The van der Waals surface area contributed by atoms with Crippen molar-refractivity contribution in [2.24, 2.45) is 5.92 Å². The van der Waals surface area contributed by atoms with Crippen molar-refractivity contribution in [3.63, 3.8) is 0 Å². The van der Waals surface area contributed by atoms with E-state index in [-0.39, 0.29) is 17.7 Å². The Morgan fingerprint density at radius 2 is 1.72 bits per heavy atom. The van der Waals surface area contributed by atoms with Crippen LogP contribution in [0.2, 0.25) is 0 Å². The molecule has 0 radical (unpaired) electrons. The third-order valence-electron chi connectivity index (χ3n) is 5.79. The van der Waals surface area contributed by atoms with Crippen LogP contribution in [0.25, 0.3) is 0 Å². The number of imide groups is 1. The zero-order valence-corrected chi connectivity index (χ0v) is 18.6. The van der Waals surface area contributed by atoms with E-state index in [0.29, 0.717) is 35.8 Å². The molecule has 32 heavy (non-hydrogen) atoms. The van der Waals surface area contributed by atoms with Gasteiger partial charge < -0.3 is 10.2 Å². The van der Waals surface area contributed by atoms with Gasteiger partial charge in [0, 0.05) is 30.3 Å². The molecule has 1 fully saturated rings. The van der Waals surface area contributed by atoms with Crippen LogP contribution in [0.1, 0.15) is 59.7 Å². The highest BCUT2D eigenvalue weighted by molar-refractivity contribution is 6.03. The molecule has 0 bridgehead atoms. The lowest BCUT2D eigenvalue weighted by Gasteiger charge is -2.32. The van der Waals surface area contributed by atoms with Gasteiger partial charge in [0.05, 0.1) is 11.6 Å². The molecule has 2 aromatic rings. The predicted octanol–water partition coefficient (Wildman–Crippen LogP) is 4.19. The summed E-state index contributed by atoms with van der Waals surface area (Å²) in [7, 11) is 0. The zero-order chi connectivity index (χ0) is 23.3. The molecule has 0 aromatic heterocycles. The van der Waals surface area contributed by atoms with Gasteiger partial charge in [0.25, 0.3) is 5.91 Å². The highest BCUT2D eigenvalue weighted by atomic mass is 16.2. The van der Waals surface area contributed by atoms with Crippen molar-refractivity contribution in [3.05, 3.63) is 64.7 Å². The first-order valence-electron chi connectivity index (χ1n) is 10.8. The Morgan fingerprint density at radius 1 is 1.06 bits per heavy atom. The smallest absolute Gasteiger partial charge is 0.325 e. The fourth-order valence-electron chi connectivity index (χ4n) is 3.73. The van der Waals surface area contributed by atoms with Gasteiger partial charge in [0.15, 0.2) is 0 Å². The van der Waals surface area contributed by atoms with Crippen LogP contribution in [-0.2, 0) is 4.79 Å². The van der Waals surface area contributed by atoms with Crippen molar-refractivity contribution >= 4 is 23.5 Å². The molecule has 166 valence electrons. The topological polar surface area (TPSA) is 102 Å². The van der Waals surface area contributed by atoms with Crippen LogP contribution in [-0.4, -0.2) is 35.8 Å². The molecule has 7 heteroatoms. The van der Waals surface area contributed by atoms with Crippen LogP contribution in [0.4, 0.5) is 10.5 Å². The molecule has 1 aliphatic heterocycles. The number of urea groups is 1. The number of benzene rings is 2. The van der Waals surface area contributed by atoms with Gasteiger partial charge >= 0.3 is 6.03 Å². The number of piperidine rings is 1. The van der Waals surface area contributed by atoms with E-state index < -0.39 is 6.03 Å². The van der Waals surface area contributed by atoms with Gasteiger partial charge in [-0.25, -0.2) is 4.79 Å². The summed E-state index contributed by atoms with van der Waals surface area (Å²) >= 11 is 0. The number of nitriles is 1. The second-order valence-corrected chi connectivity index (χ2v) is 8.43. The van der Waals surface area contributed by atoms with Crippen LogP contribution in [0.5, 0.6) is 0 Å². The quantitative estimate of drug-likeness (QED) is 0.756. The molecule has 0 saturated carbocycles. The number of carbonyl (C=O) groups is 3. The number of hydrogen-bond donors (Lipinski definition) is 2. The summed E-state index contributed by atoms with van der Waals surface area (Å²) < 4.78 is 0. The molecule has 0 aliphatic carbocycles. The molecule has 0 atom stereocenters. The Kier molecular flexibility index (Phi) is 7.26. The minimum absolute atomic E-state index is 0.0787. The van der Waals surface area contributed by atoms with Gasteiger partial charge in [-0.3, -0.25) is 14.9 Å². The van der Waals surface area contributed by atoms with Gasteiger partial charge in [0.1, 0.15) is 0 Å². The minimum atomic E-state index is -0.611. The van der Waals surface area contributed by atoms with E-state index in [1.54, 1.807) is 32.0 Å². The Hall–Kier alpha value is -3.66. The normalized spacial score (nSPS) is 14.0. The van der Waals surface area contributed by atoms with Crippen LogP contribution in [0, 0.1) is 24.2 Å². The molecule has 2 N–H and O–H groups in total. The van der Waals surface area contributed by atoms with E-state index in [1.807, 2.05) is 36.1 Å². The minimum Gasteiger partial charge on any atom is -0.339 e. The molecule has 4 amide bonds. The summed E-state index contributed by atoms with van der Waals surface area (Å²) in [6.45, 7) is 6.53. The molecular weight excluding hydrogens is 404 g/mol. The highest BCUT2D eigenvalue weighted by Crippen LogP contribution is 2.29. The first-order valence-corrected chi connectivity index (χ1v) is 10.8. The summed E-state index contributed by atoms with van der Waals surface area (Å²) in [4.78, 5) is 38.7. The van der Waals surface area contributed by atoms with Crippen molar-refractivity contribution < 1.29 is 14.4 Å². The Labute approximate surface area is 188 Å². The molecule has 7 nitrogen and oxygen atoms in total. The van der Waals surface area contributed by atoms with Crippen molar-refractivity contribution in [2.75, 3.05) is 18.4 Å². The van der Waals surface area contributed by atoms with Crippen molar-refractivity contribution in [3.8, 4) is 6.07 Å². The molecule has 0 unspecified atom stereocenters. The van der Waals surface area contributed by atoms with E-state index in [0.717, 1.165) is 18.4 Å². The van der Waals surface area contributed by atoms with Gasteiger partial charge in [-0.05, 0) is 61.1 Å². The Bertz CT molecular complexity index is 1050. The fraction of sp³-hybridized carbons (Fsp3) is 0.360. The molecule has 2 aromatic carbocycles. The summed E-state index contributed by atoms with van der Waals surface area (Å²) in [6.07, 6.45) is 1.71. The summed E-state index contributed by atoms with van der Waals surface area (Å²) in [5, 5.41) is 13.9. The second-order valence-electron chi connectivity index (χ2n) is 8.43. The molecule has 1 heterocycles. The predicted molar refractivity (Wildman–Crippen MR) is 122 cm³/mol.